The van der Waals surface area contributed by atoms with Crippen molar-refractivity contribution in [2.45, 2.75) is 81.3 Å². The number of pyridine rings is 1. The third-order valence-corrected chi connectivity index (χ3v) is 9.28. The van der Waals surface area contributed by atoms with Gasteiger partial charge in [0.1, 0.15) is 22.4 Å². The molecule has 5 N–H and O–H groups in total. The molecular weight excluding hydrogens is 504 g/mol. The molecule has 11 heteroatoms. The number of carboxylic acids is 1. The summed E-state index contributed by atoms with van der Waals surface area (Å²) in [6.07, 6.45) is 10.0. The van der Waals surface area contributed by atoms with E-state index in [1.807, 2.05) is 22.5 Å². The molecule has 0 bridgehead atoms. The Hall–Kier alpha value is -3.49. The number of nitrogens with two attached hydrogens (primary N) is 1. The number of nitrogens with one attached hydrogen (secondary N) is 2. The maximum atomic E-state index is 13.2. The van der Waals surface area contributed by atoms with E-state index in [2.05, 4.69) is 21.9 Å². The van der Waals surface area contributed by atoms with Crippen LogP contribution in [0.1, 0.15) is 68.9 Å². The molecule has 2 saturated carbocycles. The number of fused-ring (bicyclic) bond motifs is 1. The number of anilines is 1. The molecular formula is C27H34N6O4S. The number of aromatic amines is 1. The van der Waals surface area contributed by atoms with E-state index >= 15 is 0 Å². The lowest BCUT2D eigenvalue weighted by molar-refractivity contribution is -0.143. The molecule has 2 fully saturated rings. The standard InChI is InChI=1S/C26H33N5O4S.CHN/c27-24(23-21(12-13-28-25(23)32)29-18-4-2-1-3-5-18)30-19-8-11-22-17(14-19)15-31(36(22)35)20-9-6-16(7-10-20)26(33)34;1-2/h8,11-14,16,18,20H,1-7,9-10,15H2,(H2,27,30)(H,33,34)(H2,28,29,32);1H. The van der Waals surface area contributed by atoms with Crippen LogP contribution in [0.3, 0.4) is 0 Å². The Bertz CT molecular complexity index is 1290. The zero-order valence-corrected chi connectivity index (χ0v) is 22.1. The normalized spacial score (nSPS) is 24.2. The largest absolute Gasteiger partial charge is 0.481 e. The van der Waals surface area contributed by atoms with Crippen molar-refractivity contribution >= 4 is 34.2 Å². The van der Waals surface area contributed by atoms with Crippen molar-refractivity contribution < 1.29 is 14.1 Å². The second-order valence-corrected chi connectivity index (χ2v) is 11.4. The summed E-state index contributed by atoms with van der Waals surface area (Å²) in [6.45, 7) is 4.02. The van der Waals surface area contributed by atoms with Gasteiger partial charge in [-0.2, -0.15) is 0 Å². The number of carboxylic acid groups (broad SMARTS) is 1. The van der Waals surface area contributed by atoms with Gasteiger partial charge in [0.25, 0.3) is 5.56 Å². The Morgan fingerprint density at radius 1 is 1.13 bits per heavy atom. The van der Waals surface area contributed by atoms with Crippen molar-refractivity contribution in [1.82, 2.24) is 9.29 Å². The molecule has 1 aromatic carbocycles. The third kappa shape index (κ3) is 5.97. The van der Waals surface area contributed by atoms with Gasteiger partial charge >= 0.3 is 5.97 Å². The highest BCUT2D eigenvalue weighted by Crippen LogP contribution is 2.37. The number of nitrogens with zero attached hydrogens (tertiary/aromatic N) is 3. The van der Waals surface area contributed by atoms with E-state index in [1.165, 1.54) is 19.3 Å². The average Bonchev–Trinajstić information content (AvgIpc) is 3.26. The van der Waals surface area contributed by atoms with Gasteiger partial charge in [0.05, 0.1) is 22.2 Å². The summed E-state index contributed by atoms with van der Waals surface area (Å²) < 4.78 is 15.1. The van der Waals surface area contributed by atoms with Gasteiger partial charge in [-0.25, -0.2) is 18.8 Å². The van der Waals surface area contributed by atoms with Crippen LogP contribution in [-0.4, -0.2) is 42.5 Å². The first-order valence-corrected chi connectivity index (χ1v) is 14.1. The van der Waals surface area contributed by atoms with E-state index in [0.717, 1.165) is 36.1 Å². The highest BCUT2D eigenvalue weighted by molar-refractivity contribution is 7.83. The minimum atomic E-state index is -1.28. The van der Waals surface area contributed by atoms with Gasteiger partial charge in [0.2, 0.25) is 0 Å². The Morgan fingerprint density at radius 2 is 1.84 bits per heavy atom. The number of H-pyrrole nitrogens is 1. The van der Waals surface area contributed by atoms with Crippen molar-refractivity contribution in [3.63, 3.8) is 0 Å². The number of aliphatic carboxylic acids is 1. The van der Waals surface area contributed by atoms with Crippen LogP contribution < -0.4 is 16.6 Å². The quantitative estimate of drug-likeness (QED) is 0.321. The van der Waals surface area contributed by atoms with E-state index in [1.54, 1.807) is 12.3 Å². The molecule has 38 heavy (non-hydrogen) atoms. The number of aromatic nitrogens is 1. The zero-order chi connectivity index (χ0) is 27.2. The fourth-order valence-electron chi connectivity index (χ4n) is 5.67. The first-order valence-electron chi connectivity index (χ1n) is 13.0. The summed E-state index contributed by atoms with van der Waals surface area (Å²) in [5.74, 6) is -0.908. The molecule has 0 radical (unpaired) electrons. The Balaban J connectivity index is 0.00000164. The SMILES string of the molecule is C#N.NC(=Nc1ccc2c(c1)CN(C1CCC(C(=O)O)CC1)S2=O)c1c(NC2CCCCC2)cc[nH]c1=O. The van der Waals surface area contributed by atoms with Crippen LogP contribution in [0.2, 0.25) is 0 Å². The van der Waals surface area contributed by atoms with Crippen molar-refractivity contribution in [2.24, 2.45) is 16.6 Å². The number of benzene rings is 1. The van der Waals surface area contributed by atoms with Gasteiger partial charge in [-0.05, 0) is 68.4 Å². The lowest BCUT2D eigenvalue weighted by Crippen LogP contribution is -2.37. The van der Waals surface area contributed by atoms with Gasteiger partial charge < -0.3 is 21.1 Å². The van der Waals surface area contributed by atoms with E-state index in [9.17, 15) is 18.9 Å². The second-order valence-electron chi connectivity index (χ2n) is 10.0. The number of nitriles is 1. The number of hydrogen-bond acceptors (Lipinski definition) is 6. The third-order valence-electron chi connectivity index (χ3n) is 7.66. The minimum absolute atomic E-state index is 0.0992. The maximum Gasteiger partial charge on any atom is 0.306 e. The fourth-order valence-corrected chi connectivity index (χ4v) is 7.20. The molecule has 2 heterocycles. The zero-order valence-electron chi connectivity index (χ0n) is 21.3. The topological polar surface area (TPSA) is 165 Å². The molecule has 1 aliphatic heterocycles. The highest BCUT2D eigenvalue weighted by Gasteiger charge is 2.36. The number of hydrogen-bond donors (Lipinski definition) is 4. The van der Waals surface area contributed by atoms with Crippen LogP contribution in [0.25, 0.3) is 0 Å². The second kappa shape index (κ2) is 12.4. The predicted octanol–water partition coefficient (Wildman–Crippen LogP) is 3.78. The molecule has 5 rings (SSSR count). The van der Waals surface area contributed by atoms with Crippen LogP contribution in [0.4, 0.5) is 11.4 Å². The number of aliphatic imine (C=N–C) groups is 1. The summed E-state index contributed by atoms with van der Waals surface area (Å²) >= 11 is 0. The lowest BCUT2D eigenvalue weighted by atomic mass is 9.86. The lowest BCUT2D eigenvalue weighted by Gasteiger charge is -2.31. The minimum Gasteiger partial charge on any atom is -0.481 e. The molecule has 1 atom stereocenters. The maximum absolute atomic E-state index is 13.2. The number of amidine groups is 1. The molecule has 10 nitrogen and oxygen atoms in total. The van der Waals surface area contributed by atoms with Crippen LogP contribution in [0.5, 0.6) is 0 Å². The molecule has 2 aliphatic carbocycles. The van der Waals surface area contributed by atoms with Gasteiger partial charge in [-0.15, -0.1) is 0 Å². The van der Waals surface area contributed by atoms with Gasteiger partial charge in [-0.3, -0.25) is 9.59 Å². The Kier molecular flexibility index (Phi) is 8.97. The summed E-state index contributed by atoms with van der Waals surface area (Å²) in [4.78, 5) is 32.0. The van der Waals surface area contributed by atoms with Crippen LogP contribution >= 0.6 is 0 Å². The molecule has 2 aromatic rings. The summed E-state index contributed by atoms with van der Waals surface area (Å²) in [5.41, 5.74) is 8.62. The molecule has 1 unspecified atom stereocenters. The predicted molar refractivity (Wildman–Crippen MR) is 146 cm³/mol. The van der Waals surface area contributed by atoms with Gasteiger partial charge in [-0.1, -0.05) is 19.3 Å². The molecule has 0 spiro atoms. The Morgan fingerprint density at radius 3 is 2.53 bits per heavy atom. The van der Waals surface area contributed by atoms with Gasteiger partial charge in [0.15, 0.2) is 0 Å². The first-order chi connectivity index (χ1) is 18.4. The van der Waals surface area contributed by atoms with Crippen LogP contribution in [0.15, 0.2) is 45.1 Å². The van der Waals surface area contributed by atoms with E-state index in [0.29, 0.717) is 42.4 Å². The number of rotatable bonds is 6. The summed E-state index contributed by atoms with van der Waals surface area (Å²) in [6, 6.07) is 7.72. The van der Waals surface area contributed by atoms with Gasteiger partial charge in [0, 0.05) is 31.4 Å². The molecule has 0 saturated heterocycles. The van der Waals surface area contributed by atoms with Crippen molar-refractivity contribution in [3.05, 3.63) is 51.9 Å². The van der Waals surface area contributed by atoms with Crippen LogP contribution in [0, 0.1) is 17.8 Å². The first kappa shape index (κ1) is 27.5. The molecule has 0 amide bonds. The molecule has 3 aliphatic rings. The van der Waals surface area contributed by atoms with Crippen molar-refractivity contribution in [3.8, 4) is 6.57 Å². The Labute approximate surface area is 224 Å². The van der Waals surface area contributed by atoms with Crippen molar-refractivity contribution in [1.29, 1.82) is 5.26 Å². The summed E-state index contributed by atoms with van der Waals surface area (Å²) in [5, 5.41) is 19.3. The monoisotopic (exact) mass is 538 g/mol. The van der Waals surface area contributed by atoms with E-state index in [4.69, 9.17) is 11.0 Å². The van der Waals surface area contributed by atoms with E-state index < -0.39 is 17.0 Å². The van der Waals surface area contributed by atoms with Crippen LogP contribution in [-0.2, 0) is 22.3 Å². The van der Waals surface area contributed by atoms with Crippen molar-refractivity contribution in [2.75, 3.05) is 5.32 Å². The fraction of sp³-hybridized carbons (Fsp3) is 0.481. The molecule has 202 valence electrons. The summed E-state index contributed by atoms with van der Waals surface area (Å²) in [7, 11) is -1.28. The van der Waals surface area contributed by atoms with E-state index in [-0.39, 0.29) is 23.4 Å². The smallest absolute Gasteiger partial charge is 0.306 e. The number of carbonyl (C=O) groups is 1. The highest BCUT2D eigenvalue weighted by atomic mass is 32.2. The molecule has 1 aromatic heterocycles. The average molecular weight is 539 g/mol.